The van der Waals surface area contributed by atoms with Gasteiger partial charge in [0.2, 0.25) is 0 Å². The molecule has 36 heavy (non-hydrogen) atoms. The molecule has 1 aliphatic carbocycles. The Morgan fingerprint density at radius 2 is 1.31 bits per heavy atom. The summed E-state index contributed by atoms with van der Waals surface area (Å²) in [5.41, 5.74) is 1.42. The van der Waals surface area contributed by atoms with Crippen LogP contribution < -0.4 is 15.9 Å². The van der Waals surface area contributed by atoms with Gasteiger partial charge in [0, 0.05) is 0 Å². The predicted molar refractivity (Wildman–Crippen MR) is 165 cm³/mol. The standard InChI is InChI=1S/C33H39OP.BrH/c1-26(20-21-31-27(2)32(34)22-24-33(31,3)4)23-25-35(28-14-8-5-9-15-28,29-16-10-6-11-17-29)30-18-12-7-13-19-30;/h5-21,23,27,31,35H,22,24-25H2,1-4H3;1H. The third-order valence-corrected chi connectivity index (χ3v) is 12.8. The molecule has 0 spiro atoms. The molecule has 0 aliphatic heterocycles. The summed E-state index contributed by atoms with van der Waals surface area (Å²) in [4.78, 5) is 12.4. The minimum atomic E-state index is -2.27. The van der Waals surface area contributed by atoms with E-state index in [2.05, 4.69) is 137 Å². The average molecular weight is 564 g/mol. The van der Waals surface area contributed by atoms with Crippen molar-refractivity contribution in [1.82, 2.24) is 0 Å². The first-order chi connectivity index (χ1) is 16.8. The number of hydrogen-bond acceptors (Lipinski definition) is 1. The van der Waals surface area contributed by atoms with Gasteiger partial charge in [-0.15, -0.1) is 17.0 Å². The summed E-state index contributed by atoms with van der Waals surface area (Å²) in [6.07, 6.45) is 9.68. The van der Waals surface area contributed by atoms with Crippen LogP contribution in [-0.4, -0.2) is 11.9 Å². The molecule has 3 aromatic carbocycles. The van der Waals surface area contributed by atoms with Crippen LogP contribution in [0.15, 0.2) is 115 Å². The van der Waals surface area contributed by atoms with E-state index in [0.717, 1.165) is 12.6 Å². The van der Waals surface area contributed by atoms with Gasteiger partial charge in [-0.3, -0.25) is 0 Å². The number of benzene rings is 3. The van der Waals surface area contributed by atoms with Crippen LogP contribution in [-0.2, 0) is 4.79 Å². The van der Waals surface area contributed by atoms with Crippen LogP contribution in [0.5, 0.6) is 0 Å². The van der Waals surface area contributed by atoms with Gasteiger partial charge in [0.05, 0.1) is 0 Å². The van der Waals surface area contributed by atoms with Gasteiger partial charge >= 0.3 is 212 Å². The van der Waals surface area contributed by atoms with Crippen molar-refractivity contribution in [3.8, 4) is 0 Å². The van der Waals surface area contributed by atoms with Gasteiger partial charge in [0.1, 0.15) is 0 Å². The van der Waals surface area contributed by atoms with E-state index in [-0.39, 0.29) is 34.2 Å². The molecule has 0 aromatic heterocycles. The van der Waals surface area contributed by atoms with E-state index < -0.39 is 7.26 Å². The Morgan fingerprint density at radius 1 is 0.861 bits per heavy atom. The van der Waals surface area contributed by atoms with Gasteiger partial charge in [-0.25, -0.2) is 0 Å². The Labute approximate surface area is 228 Å². The second kappa shape index (κ2) is 12.3. The third-order valence-electron chi connectivity index (χ3n) is 8.06. The fourth-order valence-corrected chi connectivity index (χ4v) is 10.4. The number of halogens is 1. The molecular weight excluding hydrogens is 523 g/mol. The summed E-state index contributed by atoms with van der Waals surface area (Å²) in [7, 11) is -2.27. The third kappa shape index (κ3) is 5.99. The first kappa shape index (κ1) is 28.3. The zero-order valence-electron chi connectivity index (χ0n) is 22.0. The topological polar surface area (TPSA) is 17.1 Å². The van der Waals surface area contributed by atoms with E-state index in [1.54, 1.807) is 0 Å². The van der Waals surface area contributed by atoms with Gasteiger partial charge in [0.25, 0.3) is 0 Å². The summed E-state index contributed by atoms with van der Waals surface area (Å²) < 4.78 is 0. The first-order valence-electron chi connectivity index (χ1n) is 12.9. The maximum atomic E-state index is 12.4. The Balaban J connectivity index is 0.00000361. The van der Waals surface area contributed by atoms with Crippen LogP contribution in [0.3, 0.4) is 0 Å². The van der Waals surface area contributed by atoms with Gasteiger partial charge < -0.3 is 0 Å². The summed E-state index contributed by atoms with van der Waals surface area (Å²) in [5.74, 6) is 0.782. The average Bonchev–Trinajstić information content (AvgIpc) is 2.89. The first-order valence-corrected chi connectivity index (χ1v) is 15.1. The maximum absolute atomic E-state index is 12.4. The molecule has 190 valence electrons. The number of ketones is 1. The van der Waals surface area contributed by atoms with Crippen molar-refractivity contribution in [3.05, 3.63) is 115 Å². The van der Waals surface area contributed by atoms with E-state index in [0.29, 0.717) is 12.2 Å². The van der Waals surface area contributed by atoms with Gasteiger partial charge in [-0.2, -0.15) is 0 Å². The van der Waals surface area contributed by atoms with Gasteiger partial charge in [0.15, 0.2) is 0 Å². The zero-order valence-corrected chi connectivity index (χ0v) is 24.7. The van der Waals surface area contributed by atoms with E-state index in [4.69, 9.17) is 0 Å². The van der Waals surface area contributed by atoms with Crippen molar-refractivity contribution in [1.29, 1.82) is 0 Å². The molecule has 1 saturated carbocycles. The Bertz CT molecular complexity index is 1090. The summed E-state index contributed by atoms with van der Waals surface area (Å²) in [5, 5.41) is 4.29. The van der Waals surface area contributed by atoms with Crippen LogP contribution in [0.4, 0.5) is 0 Å². The van der Waals surface area contributed by atoms with Crippen LogP contribution in [0.1, 0.15) is 40.5 Å². The number of allylic oxidation sites excluding steroid dienone is 4. The summed E-state index contributed by atoms with van der Waals surface area (Å²) in [6, 6.07) is 33.2. The van der Waals surface area contributed by atoms with Crippen molar-refractivity contribution in [3.63, 3.8) is 0 Å². The molecule has 0 amide bonds. The van der Waals surface area contributed by atoms with Crippen molar-refractivity contribution in [2.24, 2.45) is 17.3 Å². The van der Waals surface area contributed by atoms with Gasteiger partial charge in [-0.1, -0.05) is 0 Å². The van der Waals surface area contributed by atoms with Crippen LogP contribution in [0.25, 0.3) is 0 Å². The number of carbonyl (C=O) groups is 1. The fraction of sp³-hybridized carbons (Fsp3) is 0.303. The normalized spacial score (nSPS) is 20.7. The molecule has 2 atom stereocenters. The molecule has 3 aromatic rings. The van der Waals surface area contributed by atoms with E-state index in [1.165, 1.54) is 21.5 Å². The molecular formula is C33H40BrOP. The van der Waals surface area contributed by atoms with Crippen LogP contribution in [0, 0.1) is 17.3 Å². The molecule has 0 bridgehead atoms. The van der Waals surface area contributed by atoms with Crippen LogP contribution >= 0.6 is 24.2 Å². The van der Waals surface area contributed by atoms with E-state index >= 15 is 0 Å². The van der Waals surface area contributed by atoms with Crippen molar-refractivity contribution < 1.29 is 4.79 Å². The molecule has 2 unspecified atom stereocenters. The number of hydrogen-bond donors (Lipinski definition) is 0. The van der Waals surface area contributed by atoms with E-state index in [9.17, 15) is 4.79 Å². The molecule has 0 saturated heterocycles. The Kier molecular flexibility index (Phi) is 9.67. The van der Waals surface area contributed by atoms with Crippen molar-refractivity contribution >= 4 is 45.9 Å². The minimum absolute atomic E-state index is 0. The Hall–Kier alpha value is -2.28. The number of Topliss-reactive ketones (excluding diaryl/α,β-unsaturated/α-hetero) is 1. The molecule has 3 heteroatoms. The number of carbonyl (C=O) groups excluding carboxylic acids is 1. The van der Waals surface area contributed by atoms with E-state index in [1.807, 2.05) is 0 Å². The summed E-state index contributed by atoms with van der Waals surface area (Å²) in [6.45, 7) is 8.93. The molecule has 4 rings (SSSR count). The predicted octanol–water partition coefficient (Wildman–Crippen LogP) is 7.43. The second-order valence-corrected chi connectivity index (χ2v) is 14.7. The quantitative estimate of drug-likeness (QED) is 0.216. The molecule has 0 N–H and O–H groups in total. The Morgan fingerprint density at radius 3 is 1.75 bits per heavy atom. The molecule has 1 nitrogen and oxygen atoms in total. The monoisotopic (exact) mass is 562 g/mol. The molecule has 1 aliphatic rings. The second-order valence-electron chi connectivity index (χ2n) is 10.8. The molecule has 0 heterocycles. The summed E-state index contributed by atoms with van der Waals surface area (Å²) >= 11 is 0. The van der Waals surface area contributed by atoms with Gasteiger partial charge in [-0.05, 0) is 0 Å². The SMILES string of the molecule is Br.CC(C=CC1C(C)C(=O)CCC1(C)C)=CC[PH](c1ccccc1)(c1ccccc1)c1ccccc1. The van der Waals surface area contributed by atoms with Crippen molar-refractivity contribution in [2.45, 2.75) is 40.5 Å². The molecule has 1 fully saturated rings. The van der Waals surface area contributed by atoms with Crippen LogP contribution in [0.2, 0.25) is 0 Å². The van der Waals surface area contributed by atoms with Crippen molar-refractivity contribution in [2.75, 3.05) is 6.16 Å². The number of rotatable bonds is 7. The molecule has 0 radical (unpaired) electrons. The zero-order chi connectivity index (χ0) is 24.9. The fourth-order valence-electron chi connectivity index (χ4n) is 5.80.